The fourth-order valence-electron chi connectivity index (χ4n) is 3.74. The molecule has 1 heterocycles. The minimum Gasteiger partial charge on any atom is -0.309 e. The van der Waals surface area contributed by atoms with Gasteiger partial charge in [0.15, 0.2) is 0 Å². The molecule has 0 saturated carbocycles. The van der Waals surface area contributed by atoms with Crippen molar-refractivity contribution in [3.63, 3.8) is 0 Å². The van der Waals surface area contributed by atoms with Gasteiger partial charge in [0.1, 0.15) is 0 Å². The fourth-order valence-corrected chi connectivity index (χ4v) is 4.10. The summed E-state index contributed by atoms with van der Waals surface area (Å²) in [6.07, 6.45) is 0. The third-order valence-corrected chi connectivity index (χ3v) is 5.60. The quantitative estimate of drug-likeness (QED) is 0.243. The second kappa shape index (κ2) is 6.29. The number of rotatable bonds is 1. The standard InChI is InChI=1S/C24H16IN/c25-17-13-15-18(16-14-17)26-23-11-5-3-9-21(23)19-7-1-2-8-20(19)22-10-4-6-12-24(22)26/h1-16H. The van der Waals surface area contributed by atoms with Gasteiger partial charge < -0.3 is 4.90 Å². The van der Waals surface area contributed by atoms with Gasteiger partial charge >= 0.3 is 0 Å². The molecule has 0 fully saturated rings. The Morgan fingerprint density at radius 1 is 0.462 bits per heavy atom. The highest BCUT2D eigenvalue weighted by molar-refractivity contribution is 14.1. The van der Waals surface area contributed by atoms with Crippen molar-refractivity contribution in [3.8, 4) is 22.3 Å². The summed E-state index contributed by atoms with van der Waals surface area (Å²) in [6.45, 7) is 0. The maximum atomic E-state index is 2.38. The molecule has 0 bridgehead atoms. The molecular weight excluding hydrogens is 429 g/mol. The van der Waals surface area contributed by atoms with E-state index in [4.69, 9.17) is 0 Å². The SMILES string of the molecule is Ic1ccc(N2c3ccccc3-c3ccccc3-c3ccccc32)cc1. The van der Waals surface area contributed by atoms with Gasteiger partial charge in [0.2, 0.25) is 0 Å². The van der Waals surface area contributed by atoms with Gasteiger partial charge in [0.05, 0.1) is 11.4 Å². The molecule has 0 radical (unpaired) electrons. The fraction of sp³-hybridized carbons (Fsp3) is 0. The van der Waals surface area contributed by atoms with Crippen LogP contribution in [-0.4, -0.2) is 0 Å². The Balaban J connectivity index is 1.89. The molecule has 0 unspecified atom stereocenters. The van der Waals surface area contributed by atoms with Gasteiger partial charge in [-0.15, -0.1) is 0 Å². The summed E-state index contributed by atoms with van der Waals surface area (Å²) in [4.78, 5) is 2.38. The predicted molar refractivity (Wildman–Crippen MR) is 118 cm³/mol. The van der Waals surface area contributed by atoms with E-state index in [1.165, 1.54) is 42.9 Å². The number of hydrogen-bond acceptors (Lipinski definition) is 1. The average Bonchev–Trinajstić information content (AvgIpc) is 2.82. The molecule has 4 aromatic rings. The van der Waals surface area contributed by atoms with Crippen molar-refractivity contribution < 1.29 is 0 Å². The Morgan fingerprint density at radius 3 is 1.38 bits per heavy atom. The zero-order valence-corrected chi connectivity index (χ0v) is 16.2. The van der Waals surface area contributed by atoms with Crippen LogP contribution in [-0.2, 0) is 0 Å². The molecule has 26 heavy (non-hydrogen) atoms. The minimum absolute atomic E-state index is 1.18. The summed E-state index contributed by atoms with van der Waals surface area (Å²) in [5, 5.41) is 0. The second-order valence-corrected chi connectivity index (χ2v) is 7.64. The summed E-state index contributed by atoms with van der Waals surface area (Å²) in [5.74, 6) is 0. The first-order valence-corrected chi connectivity index (χ1v) is 9.74. The predicted octanol–water partition coefficient (Wildman–Crippen LogP) is 7.41. The smallest absolute Gasteiger partial charge is 0.0540 e. The van der Waals surface area contributed by atoms with Crippen molar-refractivity contribution in [1.29, 1.82) is 0 Å². The summed E-state index contributed by atoms with van der Waals surface area (Å²) < 4.78 is 1.24. The van der Waals surface area contributed by atoms with Crippen molar-refractivity contribution in [3.05, 3.63) is 101 Å². The van der Waals surface area contributed by atoms with E-state index in [1.807, 2.05) is 0 Å². The van der Waals surface area contributed by atoms with Crippen LogP contribution in [0.3, 0.4) is 0 Å². The number of para-hydroxylation sites is 2. The highest BCUT2D eigenvalue weighted by Crippen LogP contribution is 2.50. The lowest BCUT2D eigenvalue weighted by atomic mass is 9.95. The molecule has 1 nitrogen and oxygen atoms in total. The second-order valence-electron chi connectivity index (χ2n) is 6.39. The van der Waals surface area contributed by atoms with Crippen molar-refractivity contribution in [2.75, 3.05) is 4.90 Å². The normalized spacial score (nSPS) is 12.0. The van der Waals surface area contributed by atoms with Crippen LogP contribution >= 0.6 is 22.6 Å². The van der Waals surface area contributed by atoms with Gasteiger partial charge in [0.25, 0.3) is 0 Å². The summed E-state index contributed by atoms with van der Waals surface area (Å²) in [5.41, 5.74) is 8.69. The van der Waals surface area contributed by atoms with Gasteiger partial charge in [-0.2, -0.15) is 0 Å². The lowest BCUT2D eigenvalue weighted by molar-refractivity contribution is 1.29. The summed E-state index contributed by atoms with van der Waals surface area (Å²) in [7, 11) is 0. The number of benzene rings is 4. The minimum atomic E-state index is 1.18. The number of anilines is 3. The van der Waals surface area contributed by atoms with Crippen LogP contribution in [0.25, 0.3) is 22.3 Å². The molecular formula is C24H16IN. The lowest BCUT2D eigenvalue weighted by Gasteiger charge is -2.27. The van der Waals surface area contributed by atoms with E-state index >= 15 is 0 Å². The van der Waals surface area contributed by atoms with Crippen molar-refractivity contribution >= 4 is 39.7 Å². The molecule has 1 aliphatic rings. The lowest BCUT2D eigenvalue weighted by Crippen LogP contribution is -2.10. The van der Waals surface area contributed by atoms with Gasteiger partial charge in [0, 0.05) is 20.4 Å². The molecule has 0 N–H and O–H groups in total. The van der Waals surface area contributed by atoms with E-state index in [0.717, 1.165) is 0 Å². The highest BCUT2D eigenvalue weighted by Gasteiger charge is 2.24. The Morgan fingerprint density at radius 2 is 0.885 bits per heavy atom. The Bertz CT molecular complexity index is 1030. The zero-order valence-electron chi connectivity index (χ0n) is 14.1. The topological polar surface area (TPSA) is 3.24 Å². The van der Waals surface area contributed by atoms with E-state index in [2.05, 4.69) is 125 Å². The maximum Gasteiger partial charge on any atom is 0.0540 e. The van der Waals surface area contributed by atoms with Crippen LogP contribution in [0.5, 0.6) is 0 Å². The number of halogens is 1. The summed E-state index contributed by atoms with van der Waals surface area (Å²) >= 11 is 2.36. The molecule has 0 amide bonds. The molecule has 0 aromatic heterocycles. The van der Waals surface area contributed by atoms with E-state index in [9.17, 15) is 0 Å². The number of hydrogen-bond donors (Lipinski definition) is 0. The van der Waals surface area contributed by atoms with Gasteiger partial charge in [-0.25, -0.2) is 0 Å². The van der Waals surface area contributed by atoms with Crippen LogP contribution in [0.15, 0.2) is 97.1 Å². The molecule has 124 valence electrons. The summed E-state index contributed by atoms with van der Waals surface area (Å²) in [6, 6.07) is 34.8. The van der Waals surface area contributed by atoms with Crippen LogP contribution < -0.4 is 4.90 Å². The maximum absolute atomic E-state index is 2.38. The van der Waals surface area contributed by atoms with Gasteiger partial charge in [-0.3, -0.25) is 0 Å². The monoisotopic (exact) mass is 445 g/mol. The van der Waals surface area contributed by atoms with Gasteiger partial charge in [-0.1, -0.05) is 60.7 Å². The van der Waals surface area contributed by atoms with Crippen LogP contribution in [0.1, 0.15) is 0 Å². The van der Waals surface area contributed by atoms with Crippen LogP contribution in [0, 0.1) is 3.57 Å². The molecule has 0 spiro atoms. The van der Waals surface area contributed by atoms with Crippen molar-refractivity contribution in [2.45, 2.75) is 0 Å². The molecule has 5 rings (SSSR count). The molecule has 2 heteroatoms. The van der Waals surface area contributed by atoms with Crippen LogP contribution in [0.4, 0.5) is 17.1 Å². The van der Waals surface area contributed by atoms with Crippen molar-refractivity contribution in [2.24, 2.45) is 0 Å². The van der Waals surface area contributed by atoms with E-state index in [0.29, 0.717) is 0 Å². The Hall–Kier alpha value is -2.59. The van der Waals surface area contributed by atoms with Crippen LogP contribution in [0.2, 0.25) is 0 Å². The molecule has 0 atom stereocenters. The number of fused-ring (bicyclic) bond motifs is 5. The third kappa shape index (κ3) is 2.44. The van der Waals surface area contributed by atoms with E-state index in [-0.39, 0.29) is 0 Å². The Kier molecular flexibility index (Phi) is 3.79. The van der Waals surface area contributed by atoms with E-state index < -0.39 is 0 Å². The first-order chi connectivity index (χ1) is 12.8. The number of nitrogens with zero attached hydrogens (tertiary/aromatic N) is 1. The van der Waals surface area contributed by atoms with Gasteiger partial charge in [-0.05, 0) is 70.1 Å². The first-order valence-electron chi connectivity index (χ1n) is 8.66. The molecule has 0 saturated heterocycles. The molecule has 4 aromatic carbocycles. The Labute approximate surface area is 167 Å². The first kappa shape index (κ1) is 15.6. The van der Waals surface area contributed by atoms with Crippen molar-refractivity contribution in [1.82, 2.24) is 0 Å². The molecule has 1 aliphatic heterocycles. The third-order valence-electron chi connectivity index (χ3n) is 4.88. The zero-order chi connectivity index (χ0) is 17.5. The average molecular weight is 445 g/mol. The highest BCUT2D eigenvalue weighted by atomic mass is 127. The largest absolute Gasteiger partial charge is 0.309 e. The molecule has 0 aliphatic carbocycles. The van der Waals surface area contributed by atoms with E-state index in [1.54, 1.807) is 0 Å².